The maximum absolute atomic E-state index is 12.3. The fourth-order valence-corrected chi connectivity index (χ4v) is 8.15. The lowest BCUT2D eigenvalue weighted by molar-refractivity contribution is -0.139. The molecule has 3 aliphatic rings. The van der Waals surface area contributed by atoms with Gasteiger partial charge >= 0.3 is 5.97 Å². The Balaban J connectivity index is 0.000000176. The van der Waals surface area contributed by atoms with Crippen molar-refractivity contribution in [3.63, 3.8) is 0 Å². The lowest BCUT2D eigenvalue weighted by Crippen LogP contribution is -2.42. The van der Waals surface area contributed by atoms with Crippen LogP contribution in [0.2, 0.25) is 0 Å². The predicted octanol–water partition coefficient (Wildman–Crippen LogP) is 7.64. The fraction of sp³-hybridized carbons (Fsp3) is 0.405. The SMILES string of the molecule is CC12CCC3c4ccc(O)cc4CCC3C1CCC2CC(=O)O.COc1cc(O)c(C(=O)C=Cc2ccccc2)c(OC)c1. The minimum absolute atomic E-state index is 0.116. The van der Waals surface area contributed by atoms with Gasteiger partial charge < -0.3 is 24.8 Å². The van der Waals surface area contributed by atoms with E-state index in [1.165, 1.54) is 56.8 Å². The average molecular weight is 599 g/mol. The minimum Gasteiger partial charge on any atom is -0.508 e. The summed E-state index contributed by atoms with van der Waals surface area (Å²) < 4.78 is 10.2. The van der Waals surface area contributed by atoms with Crippen LogP contribution in [0.25, 0.3) is 6.08 Å². The van der Waals surface area contributed by atoms with Gasteiger partial charge in [0.2, 0.25) is 0 Å². The highest BCUT2D eigenvalue weighted by Gasteiger charge is 2.54. The summed E-state index contributed by atoms with van der Waals surface area (Å²) >= 11 is 0. The molecule has 7 nitrogen and oxygen atoms in total. The van der Waals surface area contributed by atoms with Crippen LogP contribution in [0, 0.1) is 23.2 Å². The molecular weight excluding hydrogens is 556 g/mol. The first kappa shape index (κ1) is 31.2. The number of carboxylic acids is 1. The van der Waals surface area contributed by atoms with E-state index in [9.17, 15) is 24.9 Å². The van der Waals surface area contributed by atoms with Crippen LogP contribution in [0.15, 0.2) is 66.7 Å². The number of phenolic OH excluding ortho intramolecular Hbond substituents is 2. The quantitative estimate of drug-likeness (QED) is 0.189. The molecule has 3 aliphatic carbocycles. The molecule has 232 valence electrons. The number of aromatic hydroxyl groups is 2. The Labute approximate surface area is 259 Å². The standard InChI is InChI=1S/C20H26O3.C17H16O4/c1-20-9-8-16-15-6-4-14(21)10-12(15)2-5-17(16)18(20)7-3-13(20)11-19(22)23;1-20-13-10-15(19)17(16(11-13)21-2)14(18)9-8-12-6-4-3-5-7-12/h4,6,10,13,16-18,21H,2-3,5,7-9,11H2,1H3,(H,22,23);3-11,19H,1-2H3. The molecule has 0 saturated heterocycles. The number of phenols is 2. The van der Waals surface area contributed by atoms with E-state index >= 15 is 0 Å². The third kappa shape index (κ3) is 6.33. The van der Waals surface area contributed by atoms with Crippen LogP contribution < -0.4 is 9.47 Å². The van der Waals surface area contributed by atoms with Crippen LogP contribution in [0.1, 0.15) is 78.4 Å². The molecule has 44 heavy (non-hydrogen) atoms. The molecule has 3 aromatic carbocycles. The number of benzene rings is 3. The smallest absolute Gasteiger partial charge is 0.303 e. The number of methoxy groups -OCH3 is 2. The van der Waals surface area contributed by atoms with Gasteiger partial charge in [0.1, 0.15) is 28.6 Å². The number of ketones is 1. The van der Waals surface area contributed by atoms with Crippen molar-refractivity contribution in [1.82, 2.24) is 0 Å². The zero-order chi connectivity index (χ0) is 31.4. The number of carboxylic acid groups (broad SMARTS) is 1. The molecule has 3 aromatic rings. The van der Waals surface area contributed by atoms with E-state index in [-0.39, 0.29) is 28.3 Å². The molecule has 3 N–H and O–H groups in total. The van der Waals surface area contributed by atoms with E-state index in [4.69, 9.17) is 9.47 Å². The van der Waals surface area contributed by atoms with Crippen molar-refractivity contribution in [2.75, 3.05) is 14.2 Å². The van der Waals surface area contributed by atoms with Crippen molar-refractivity contribution < 1.29 is 34.4 Å². The number of allylic oxidation sites excluding steroid dienone is 1. The van der Waals surface area contributed by atoms with Crippen molar-refractivity contribution in [2.45, 2.75) is 57.8 Å². The molecular formula is C37H42O7. The fourth-order valence-electron chi connectivity index (χ4n) is 8.15. The number of fused-ring (bicyclic) bond motifs is 5. The summed E-state index contributed by atoms with van der Waals surface area (Å²) in [7, 11) is 2.91. The molecule has 0 radical (unpaired) electrons. The normalized spacial score (nSPS) is 25.2. The van der Waals surface area contributed by atoms with Gasteiger partial charge in [-0.3, -0.25) is 9.59 Å². The Morgan fingerprint density at radius 2 is 1.73 bits per heavy atom. The second kappa shape index (κ2) is 13.2. The lowest BCUT2D eigenvalue weighted by Gasteiger charge is -2.51. The Morgan fingerprint density at radius 1 is 0.955 bits per heavy atom. The van der Waals surface area contributed by atoms with Gasteiger partial charge in [-0.25, -0.2) is 0 Å². The highest BCUT2D eigenvalue weighted by Crippen LogP contribution is 2.63. The number of rotatable bonds is 7. The number of aliphatic carboxylic acids is 1. The average Bonchev–Trinajstić information content (AvgIpc) is 3.35. The molecule has 0 aromatic heterocycles. The molecule has 2 saturated carbocycles. The number of carbonyl (C=O) groups excluding carboxylic acids is 1. The summed E-state index contributed by atoms with van der Waals surface area (Å²) in [5, 5.41) is 29.0. The number of carbonyl (C=O) groups is 2. The largest absolute Gasteiger partial charge is 0.508 e. The zero-order valence-electron chi connectivity index (χ0n) is 25.7. The molecule has 0 amide bonds. The summed E-state index contributed by atoms with van der Waals surface area (Å²) in [6.45, 7) is 2.36. The first-order valence-electron chi connectivity index (χ1n) is 15.4. The second-order valence-electron chi connectivity index (χ2n) is 12.5. The van der Waals surface area contributed by atoms with Gasteiger partial charge in [-0.05, 0) is 103 Å². The summed E-state index contributed by atoms with van der Waals surface area (Å²) in [4.78, 5) is 23.5. The Bertz CT molecular complexity index is 1530. The Kier molecular flexibility index (Phi) is 9.33. The summed E-state index contributed by atoms with van der Waals surface area (Å²) in [6, 6.07) is 18.3. The minimum atomic E-state index is -0.636. The summed E-state index contributed by atoms with van der Waals surface area (Å²) in [5.41, 5.74) is 4.01. The molecule has 7 heteroatoms. The van der Waals surface area contributed by atoms with Crippen molar-refractivity contribution in [1.29, 1.82) is 0 Å². The number of aryl methyl sites for hydroxylation is 1. The third-order valence-electron chi connectivity index (χ3n) is 10.3. The predicted molar refractivity (Wildman–Crippen MR) is 169 cm³/mol. The monoisotopic (exact) mass is 598 g/mol. The highest BCUT2D eigenvalue weighted by molar-refractivity contribution is 6.10. The Hall–Kier alpha value is -4.26. The van der Waals surface area contributed by atoms with Crippen LogP contribution >= 0.6 is 0 Å². The second-order valence-corrected chi connectivity index (χ2v) is 12.5. The van der Waals surface area contributed by atoms with Gasteiger partial charge in [0.05, 0.1) is 14.2 Å². The molecule has 5 unspecified atom stereocenters. The lowest BCUT2D eigenvalue weighted by atomic mass is 9.54. The first-order chi connectivity index (χ1) is 21.1. The van der Waals surface area contributed by atoms with Gasteiger partial charge in [-0.1, -0.05) is 49.4 Å². The van der Waals surface area contributed by atoms with Gasteiger partial charge in [0.15, 0.2) is 5.78 Å². The zero-order valence-corrected chi connectivity index (χ0v) is 25.7. The topological polar surface area (TPSA) is 113 Å². The van der Waals surface area contributed by atoms with Crippen LogP contribution in [-0.2, 0) is 11.2 Å². The number of hydrogen-bond acceptors (Lipinski definition) is 6. The highest BCUT2D eigenvalue weighted by atomic mass is 16.5. The summed E-state index contributed by atoms with van der Waals surface area (Å²) in [5.74, 6) is 2.27. The van der Waals surface area contributed by atoms with Gasteiger partial charge in [0.25, 0.3) is 0 Å². The number of ether oxygens (including phenoxy) is 2. The molecule has 2 fully saturated rings. The Morgan fingerprint density at radius 3 is 2.43 bits per heavy atom. The molecule has 5 atom stereocenters. The van der Waals surface area contributed by atoms with E-state index in [2.05, 4.69) is 13.0 Å². The molecule has 0 bridgehead atoms. The van der Waals surface area contributed by atoms with Gasteiger partial charge in [0, 0.05) is 18.6 Å². The van der Waals surface area contributed by atoms with Gasteiger partial charge in [-0.2, -0.15) is 0 Å². The van der Waals surface area contributed by atoms with Crippen LogP contribution in [-0.4, -0.2) is 41.3 Å². The molecule has 0 spiro atoms. The van der Waals surface area contributed by atoms with E-state index in [0.717, 1.165) is 24.8 Å². The molecule has 0 aliphatic heterocycles. The van der Waals surface area contributed by atoms with E-state index in [0.29, 0.717) is 41.6 Å². The third-order valence-corrected chi connectivity index (χ3v) is 10.3. The van der Waals surface area contributed by atoms with E-state index < -0.39 is 5.97 Å². The maximum Gasteiger partial charge on any atom is 0.303 e. The molecule has 6 rings (SSSR count). The van der Waals surface area contributed by atoms with Crippen molar-refractivity contribution in [3.8, 4) is 23.0 Å². The van der Waals surface area contributed by atoms with Crippen LogP contribution in [0.5, 0.6) is 23.0 Å². The molecule has 0 heterocycles. The van der Waals surface area contributed by atoms with E-state index in [1.54, 1.807) is 12.1 Å². The van der Waals surface area contributed by atoms with Gasteiger partial charge in [-0.15, -0.1) is 0 Å². The maximum atomic E-state index is 12.3. The van der Waals surface area contributed by atoms with Crippen molar-refractivity contribution in [2.24, 2.45) is 23.2 Å². The number of hydrogen-bond donors (Lipinski definition) is 3. The first-order valence-corrected chi connectivity index (χ1v) is 15.4. The van der Waals surface area contributed by atoms with Crippen LogP contribution in [0.4, 0.5) is 0 Å². The van der Waals surface area contributed by atoms with Crippen LogP contribution in [0.3, 0.4) is 0 Å². The summed E-state index contributed by atoms with van der Waals surface area (Å²) in [6.07, 6.45) is 10.3. The van der Waals surface area contributed by atoms with Crippen molar-refractivity contribution in [3.05, 3.63) is 89.0 Å². The van der Waals surface area contributed by atoms with Crippen molar-refractivity contribution >= 4 is 17.8 Å². The van der Waals surface area contributed by atoms with E-state index in [1.807, 2.05) is 42.5 Å².